The summed E-state index contributed by atoms with van der Waals surface area (Å²) in [5.74, 6) is 1.35. The zero-order valence-corrected chi connectivity index (χ0v) is 21.3. The molecule has 2 aliphatic rings. The van der Waals surface area contributed by atoms with Gasteiger partial charge in [-0.2, -0.15) is 0 Å². The summed E-state index contributed by atoms with van der Waals surface area (Å²) in [6, 6.07) is 14.1. The molecule has 2 aliphatic heterocycles. The van der Waals surface area contributed by atoms with Crippen molar-refractivity contribution in [2.75, 3.05) is 31.7 Å². The van der Waals surface area contributed by atoms with Gasteiger partial charge < -0.3 is 19.3 Å². The summed E-state index contributed by atoms with van der Waals surface area (Å²) in [5, 5.41) is 0. The first-order valence-corrected chi connectivity index (χ1v) is 12.8. The number of aromatic nitrogens is 2. The quantitative estimate of drug-likeness (QED) is 0.523. The van der Waals surface area contributed by atoms with Crippen LogP contribution in [0.1, 0.15) is 53.7 Å². The van der Waals surface area contributed by atoms with E-state index in [1.54, 1.807) is 26.4 Å². The molecule has 2 aromatic carbocycles. The summed E-state index contributed by atoms with van der Waals surface area (Å²) < 4.78 is 11.6. The predicted molar refractivity (Wildman–Crippen MR) is 140 cm³/mol. The van der Waals surface area contributed by atoms with Crippen molar-refractivity contribution in [3.63, 3.8) is 0 Å². The number of nitrogens with zero attached hydrogens (tertiary/aromatic N) is 4. The largest absolute Gasteiger partial charge is 0.493 e. The zero-order chi connectivity index (χ0) is 25.8. The van der Waals surface area contributed by atoms with Gasteiger partial charge in [0.25, 0.3) is 5.91 Å². The van der Waals surface area contributed by atoms with E-state index in [2.05, 4.69) is 16.0 Å². The minimum absolute atomic E-state index is 0.0125. The molecule has 1 aromatic heterocycles. The molecule has 0 radical (unpaired) electrons. The standard InChI is InChI=1S/C29H32N4O4/c1-20(34)33-25-8-4-3-7-22(25)23-11-15-32(29(35)24-19-30-12-13-31-24)14-5-6-16-37-28-18-21(17-26(23)33)9-10-27(28)36-2/h3-4,7-10,12-13,18-19,23,26H,5-6,11,14-17H2,1-2H3/t23-,26-/m1/s1. The molecule has 0 saturated heterocycles. The van der Waals surface area contributed by atoms with Crippen molar-refractivity contribution >= 4 is 17.5 Å². The molecular weight excluding hydrogens is 468 g/mol. The lowest BCUT2D eigenvalue weighted by molar-refractivity contribution is -0.117. The molecule has 0 saturated carbocycles. The Labute approximate surface area is 217 Å². The molecule has 0 N–H and O–H groups in total. The van der Waals surface area contributed by atoms with Gasteiger partial charge in [-0.25, -0.2) is 4.98 Å². The number of anilines is 1. The number of para-hydroxylation sites is 1. The van der Waals surface area contributed by atoms with Crippen molar-refractivity contribution in [2.24, 2.45) is 0 Å². The Balaban J connectivity index is 1.52. The van der Waals surface area contributed by atoms with E-state index in [-0.39, 0.29) is 23.8 Å². The number of fused-ring (bicyclic) bond motifs is 5. The second-order valence-electron chi connectivity index (χ2n) is 9.54. The van der Waals surface area contributed by atoms with E-state index in [0.717, 1.165) is 36.1 Å². The van der Waals surface area contributed by atoms with Crippen LogP contribution < -0.4 is 14.4 Å². The van der Waals surface area contributed by atoms with Crippen LogP contribution in [-0.4, -0.2) is 59.5 Å². The highest BCUT2D eigenvalue weighted by atomic mass is 16.5. The summed E-state index contributed by atoms with van der Waals surface area (Å²) in [6.07, 6.45) is 7.61. The van der Waals surface area contributed by atoms with Crippen molar-refractivity contribution < 1.29 is 19.1 Å². The van der Waals surface area contributed by atoms with Crippen molar-refractivity contribution in [3.8, 4) is 11.5 Å². The van der Waals surface area contributed by atoms with Gasteiger partial charge in [0.2, 0.25) is 5.91 Å². The summed E-state index contributed by atoms with van der Waals surface area (Å²) >= 11 is 0. The number of hydrogen-bond acceptors (Lipinski definition) is 6. The van der Waals surface area contributed by atoms with Crippen LogP contribution in [0.25, 0.3) is 0 Å². The van der Waals surface area contributed by atoms with Gasteiger partial charge in [0, 0.05) is 50.1 Å². The number of ether oxygens (including phenoxy) is 2. The first-order valence-electron chi connectivity index (χ1n) is 12.8. The molecule has 192 valence electrons. The third-order valence-electron chi connectivity index (χ3n) is 7.26. The molecular formula is C29H32N4O4. The molecule has 0 spiro atoms. The molecule has 0 fully saturated rings. The molecule has 3 aromatic rings. The maximum atomic E-state index is 13.4. The average Bonchev–Trinajstić information content (AvgIpc) is 3.23. The Morgan fingerprint density at radius 2 is 1.95 bits per heavy atom. The Morgan fingerprint density at radius 3 is 2.73 bits per heavy atom. The second kappa shape index (κ2) is 11.0. The molecule has 2 bridgehead atoms. The van der Waals surface area contributed by atoms with E-state index in [9.17, 15) is 9.59 Å². The molecule has 8 nitrogen and oxygen atoms in total. The van der Waals surface area contributed by atoms with Gasteiger partial charge in [0.15, 0.2) is 11.5 Å². The minimum Gasteiger partial charge on any atom is -0.493 e. The number of carbonyl (C=O) groups excluding carboxylic acids is 2. The van der Waals surface area contributed by atoms with E-state index < -0.39 is 0 Å². The Morgan fingerprint density at radius 1 is 1.08 bits per heavy atom. The topological polar surface area (TPSA) is 84.9 Å². The highest BCUT2D eigenvalue weighted by molar-refractivity contribution is 5.95. The second-order valence-corrected chi connectivity index (χ2v) is 9.54. The lowest BCUT2D eigenvalue weighted by Crippen LogP contribution is -2.41. The summed E-state index contributed by atoms with van der Waals surface area (Å²) in [5.41, 5.74) is 3.51. The average molecular weight is 501 g/mol. The van der Waals surface area contributed by atoms with Crippen molar-refractivity contribution in [1.82, 2.24) is 14.9 Å². The van der Waals surface area contributed by atoms with Crippen molar-refractivity contribution in [3.05, 3.63) is 77.9 Å². The first-order chi connectivity index (χ1) is 18.1. The van der Waals surface area contributed by atoms with E-state index in [1.165, 1.54) is 6.20 Å². The zero-order valence-electron chi connectivity index (χ0n) is 21.3. The fraction of sp³-hybridized carbons (Fsp3) is 0.379. The third-order valence-corrected chi connectivity index (χ3v) is 7.26. The van der Waals surface area contributed by atoms with Crippen LogP contribution >= 0.6 is 0 Å². The van der Waals surface area contributed by atoms with Crippen LogP contribution in [0.15, 0.2) is 61.1 Å². The van der Waals surface area contributed by atoms with Crippen LogP contribution in [0.4, 0.5) is 5.69 Å². The highest BCUT2D eigenvalue weighted by Gasteiger charge is 2.40. The van der Waals surface area contributed by atoms with Crippen molar-refractivity contribution in [1.29, 1.82) is 0 Å². The summed E-state index contributed by atoms with van der Waals surface area (Å²) in [4.78, 5) is 38.4. The minimum atomic E-state index is -0.126. The summed E-state index contributed by atoms with van der Waals surface area (Å²) in [7, 11) is 1.64. The molecule has 0 unspecified atom stereocenters. The monoisotopic (exact) mass is 500 g/mol. The van der Waals surface area contributed by atoms with Crippen LogP contribution in [-0.2, 0) is 11.2 Å². The maximum absolute atomic E-state index is 13.4. The van der Waals surface area contributed by atoms with Gasteiger partial charge in [0.1, 0.15) is 5.69 Å². The lowest BCUT2D eigenvalue weighted by Gasteiger charge is -2.30. The van der Waals surface area contributed by atoms with Gasteiger partial charge in [-0.05, 0) is 55.0 Å². The van der Waals surface area contributed by atoms with Gasteiger partial charge in [-0.15, -0.1) is 0 Å². The SMILES string of the molecule is COc1ccc2cc1OCCCCN(C(=O)c1cnccn1)CC[C@@H]1c3ccccc3N(C(C)=O)[C@@H]1C2. The van der Waals surface area contributed by atoms with E-state index in [1.807, 2.05) is 46.2 Å². The van der Waals surface area contributed by atoms with Gasteiger partial charge in [-0.1, -0.05) is 24.3 Å². The van der Waals surface area contributed by atoms with Crippen molar-refractivity contribution in [2.45, 2.75) is 44.6 Å². The van der Waals surface area contributed by atoms with Gasteiger partial charge in [0.05, 0.1) is 19.9 Å². The maximum Gasteiger partial charge on any atom is 0.274 e. The van der Waals surface area contributed by atoms with Gasteiger partial charge in [-0.3, -0.25) is 14.6 Å². The Hall–Kier alpha value is -3.94. The molecule has 5 rings (SSSR count). The van der Waals surface area contributed by atoms with E-state index >= 15 is 0 Å². The fourth-order valence-corrected chi connectivity index (χ4v) is 5.54. The van der Waals surface area contributed by atoms with E-state index in [0.29, 0.717) is 43.3 Å². The normalized spacial score (nSPS) is 19.7. The molecule has 0 aliphatic carbocycles. The van der Waals surface area contributed by atoms with Crippen LogP contribution in [0.5, 0.6) is 11.5 Å². The van der Waals surface area contributed by atoms with Gasteiger partial charge >= 0.3 is 0 Å². The molecule has 2 atom stereocenters. The number of hydrogen-bond donors (Lipinski definition) is 0. The smallest absolute Gasteiger partial charge is 0.274 e. The number of methoxy groups -OCH3 is 1. The highest BCUT2D eigenvalue weighted by Crippen LogP contribution is 2.44. The van der Waals surface area contributed by atoms with Crippen LogP contribution in [0.3, 0.4) is 0 Å². The number of amides is 2. The molecule has 37 heavy (non-hydrogen) atoms. The molecule has 3 heterocycles. The Kier molecular flexibility index (Phi) is 7.35. The third kappa shape index (κ3) is 5.14. The number of benzene rings is 2. The molecule has 2 amide bonds. The Bertz CT molecular complexity index is 1270. The van der Waals surface area contributed by atoms with E-state index in [4.69, 9.17) is 9.47 Å². The lowest BCUT2D eigenvalue weighted by atomic mass is 9.87. The predicted octanol–water partition coefficient (Wildman–Crippen LogP) is 4.25. The first kappa shape index (κ1) is 24.7. The summed E-state index contributed by atoms with van der Waals surface area (Å²) in [6.45, 7) is 3.29. The number of rotatable bonds is 2. The van der Waals surface area contributed by atoms with Crippen LogP contribution in [0.2, 0.25) is 0 Å². The fourth-order valence-electron chi connectivity index (χ4n) is 5.54. The molecule has 8 heteroatoms. The van der Waals surface area contributed by atoms with Crippen LogP contribution in [0, 0.1) is 0 Å². The number of carbonyl (C=O) groups is 2.